The van der Waals surface area contributed by atoms with Crippen LogP contribution in [0.1, 0.15) is 50.9 Å². The molecular weight excluding hydrogens is 338 g/mol. The molecule has 0 aliphatic carbocycles. The number of nitrogens with one attached hydrogen (secondary N) is 1. The molecule has 2 rings (SSSR count). The Morgan fingerprint density at radius 1 is 1.20 bits per heavy atom. The summed E-state index contributed by atoms with van der Waals surface area (Å²) >= 11 is 0. The largest absolute Gasteiger partial charge is 0.371 e. The fourth-order valence-corrected chi connectivity index (χ4v) is 4.63. The van der Waals surface area contributed by atoms with E-state index in [1.54, 1.807) is 12.1 Å². The molecule has 1 aliphatic rings. The number of amides is 1. The van der Waals surface area contributed by atoms with E-state index in [1.165, 1.54) is 10.4 Å². The molecule has 1 amide bonds. The van der Waals surface area contributed by atoms with E-state index in [-0.39, 0.29) is 16.8 Å². The van der Waals surface area contributed by atoms with E-state index < -0.39 is 10.0 Å². The van der Waals surface area contributed by atoms with Gasteiger partial charge in [-0.1, -0.05) is 13.8 Å². The molecule has 6 nitrogen and oxygen atoms in total. The van der Waals surface area contributed by atoms with Crippen LogP contribution >= 0.6 is 0 Å². The van der Waals surface area contributed by atoms with Gasteiger partial charge in [-0.2, -0.15) is 4.31 Å². The van der Waals surface area contributed by atoms with Gasteiger partial charge in [-0.3, -0.25) is 4.79 Å². The van der Waals surface area contributed by atoms with Crippen LogP contribution in [0.15, 0.2) is 23.1 Å². The minimum absolute atomic E-state index is 0.0121. The lowest BCUT2D eigenvalue weighted by Gasteiger charge is -2.24. The maximum Gasteiger partial charge on any atom is 0.253 e. The van der Waals surface area contributed by atoms with Crippen molar-refractivity contribution in [3.8, 4) is 0 Å². The summed E-state index contributed by atoms with van der Waals surface area (Å²) in [6.45, 7) is 10.0. The summed E-state index contributed by atoms with van der Waals surface area (Å²) in [5, 5.41) is 2.88. The molecule has 0 saturated carbocycles. The SMILES string of the molecule is CCN(CC)S(=O)(=O)c1ccc(N2CCCC2)c(C(=O)NC(C)C)c1. The van der Waals surface area contributed by atoms with Gasteiger partial charge in [0.25, 0.3) is 5.91 Å². The third-order valence-electron chi connectivity index (χ3n) is 4.42. The Labute approximate surface area is 151 Å². The number of sulfonamides is 1. The molecule has 1 fully saturated rings. The number of nitrogens with zero attached hydrogens (tertiary/aromatic N) is 2. The molecule has 1 N–H and O–H groups in total. The predicted molar refractivity (Wildman–Crippen MR) is 101 cm³/mol. The summed E-state index contributed by atoms with van der Waals surface area (Å²) < 4.78 is 27.0. The lowest BCUT2D eigenvalue weighted by atomic mass is 10.1. The molecule has 1 aromatic rings. The van der Waals surface area contributed by atoms with Crippen LogP contribution in [0, 0.1) is 0 Å². The zero-order chi connectivity index (χ0) is 18.6. The molecular formula is C18H29N3O3S. The predicted octanol–water partition coefficient (Wildman–Crippen LogP) is 2.46. The minimum atomic E-state index is -3.59. The summed E-state index contributed by atoms with van der Waals surface area (Å²) in [6, 6.07) is 4.91. The van der Waals surface area contributed by atoms with Crippen molar-refractivity contribution in [1.82, 2.24) is 9.62 Å². The zero-order valence-electron chi connectivity index (χ0n) is 15.6. The first-order chi connectivity index (χ1) is 11.8. The fraction of sp³-hybridized carbons (Fsp3) is 0.611. The van der Waals surface area contributed by atoms with Gasteiger partial charge < -0.3 is 10.2 Å². The number of anilines is 1. The molecule has 1 aromatic carbocycles. The summed E-state index contributed by atoms with van der Waals surface area (Å²) in [5.74, 6) is -0.228. The second-order valence-corrected chi connectivity index (χ2v) is 8.53. The first-order valence-electron chi connectivity index (χ1n) is 9.01. The van der Waals surface area contributed by atoms with Crippen LogP contribution in [0.25, 0.3) is 0 Å². The number of carbonyl (C=O) groups excluding carboxylic acids is 1. The van der Waals surface area contributed by atoms with E-state index >= 15 is 0 Å². The second kappa shape index (κ2) is 8.19. The molecule has 0 bridgehead atoms. The van der Waals surface area contributed by atoms with E-state index in [4.69, 9.17) is 0 Å². The Balaban J connectivity index is 2.49. The van der Waals surface area contributed by atoms with E-state index in [9.17, 15) is 13.2 Å². The van der Waals surface area contributed by atoms with Gasteiger partial charge in [-0.15, -0.1) is 0 Å². The highest BCUT2D eigenvalue weighted by Gasteiger charge is 2.26. The average Bonchev–Trinajstić information content (AvgIpc) is 3.08. The van der Waals surface area contributed by atoms with Gasteiger partial charge >= 0.3 is 0 Å². The Kier molecular flexibility index (Phi) is 6.46. The van der Waals surface area contributed by atoms with Crippen LogP contribution in [0.3, 0.4) is 0 Å². The zero-order valence-corrected chi connectivity index (χ0v) is 16.4. The van der Waals surface area contributed by atoms with Gasteiger partial charge in [0.2, 0.25) is 10.0 Å². The van der Waals surface area contributed by atoms with Crippen LogP contribution in [0.2, 0.25) is 0 Å². The normalized spacial score (nSPS) is 15.2. The molecule has 0 radical (unpaired) electrons. The van der Waals surface area contributed by atoms with Crippen LogP contribution in [-0.2, 0) is 10.0 Å². The highest BCUT2D eigenvalue weighted by Crippen LogP contribution is 2.28. The molecule has 0 aromatic heterocycles. The van der Waals surface area contributed by atoms with E-state index in [2.05, 4.69) is 10.2 Å². The van der Waals surface area contributed by atoms with Gasteiger partial charge in [-0.05, 0) is 44.9 Å². The summed E-state index contributed by atoms with van der Waals surface area (Å²) in [4.78, 5) is 15.0. The third kappa shape index (κ3) is 4.33. The first-order valence-corrected chi connectivity index (χ1v) is 10.4. The van der Waals surface area contributed by atoms with Gasteiger partial charge in [0.1, 0.15) is 0 Å². The number of rotatable bonds is 7. The Morgan fingerprint density at radius 3 is 2.32 bits per heavy atom. The quantitative estimate of drug-likeness (QED) is 0.804. The second-order valence-electron chi connectivity index (χ2n) is 6.59. The van der Waals surface area contributed by atoms with Gasteiger partial charge in [-0.25, -0.2) is 8.42 Å². The fourth-order valence-electron chi connectivity index (χ4n) is 3.14. The maximum absolute atomic E-state index is 12.8. The van der Waals surface area contributed by atoms with E-state index in [1.807, 2.05) is 27.7 Å². The van der Waals surface area contributed by atoms with Crippen LogP contribution < -0.4 is 10.2 Å². The average molecular weight is 368 g/mol. The van der Waals surface area contributed by atoms with Crippen LogP contribution in [0.5, 0.6) is 0 Å². The summed E-state index contributed by atoms with van der Waals surface area (Å²) in [5.41, 5.74) is 1.25. The molecule has 0 unspecified atom stereocenters. The standard InChI is InChI=1S/C18H29N3O3S/c1-5-21(6-2)25(23,24)15-9-10-17(20-11-7-8-12-20)16(13-15)18(22)19-14(3)4/h9-10,13-14H,5-8,11-12H2,1-4H3,(H,19,22). The summed E-state index contributed by atoms with van der Waals surface area (Å²) in [6.07, 6.45) is 2.18. The van der Waals surface area contributed by atoms with Gasteiger partial charge in [0, 0.05) is 37.9 Å². The maximum atomic E-state index is 12.8. The number of hydrogen-bond donors (Lipinski definition) is 1. The third-order valence-corrected chi connectivity index (χ3v) is 6.47. The number of hydrogen-bond acceptors (Lipinski definition) is 4. The van der Waals surface area contributed by atoms with Crippen molar-refractivity contribution in [2.75, 3.05) is 31.1 Å². The van der Waals surface area contributed by atoms with Crippen molar-refractivity contribution >= 4 is 21.6 Å². The van der Waals surface area contributed by atoms with Crippen molar-refractivity contribution in [1.29, 1.82) is 0 Å². The lowest BCUT2D eigenvalue weighted by Crippen LogP contribution is -2.33. The van der Waals surface area contributed by atoms with Crippen molar-refractivity contribution in [3.63, 3.8) is 0 Å². The minimum Gasteiger partial charge on any atom is -0.371 e. The monoisotopic (exact) mass is 367 g/mol. The van der Waals surface area contributed by atoms with Crippen molar-refractivity contribution in [3.05, 3.63) is 23.8 Å². The molecule has 1 heterocycles. The van der Waals surface area contributed by atoms with E-state index in [0.29, 0.717) is 18.7 Å². The van der Waals surface area contributed by atoms with Gasteiger partial charge in [0.05, 0.1) is 10.5 Å². The molecule has 1 aliphatic heterocycles. The molecule has 0 spiro atoms. The smallest absolute Gasteiger partial charge is 0.253 e. The molecule has 0 atom stereocenters. The Bertz CT molecular complexity index is 706. The highest BCUT2D eigenvalue weighted by molar-refractivity contribution is 7.89. The lowest BCUT2D eigenvalue weighted by molar-refractivity contribution is 0.0943. The van der Waals surface area contributed by atoms with Crippen LogP contribution in [-0.4, -0.2) is 50.9 Å². The highest BCUT2D eigenvalue weighted by atomic mass is 32.2. The van der Waals surface area contributed by atoms with Crippen molar-refractivity contribution in [2.45, 2.75) is 51.5 Å². The molecule has 25 heavy (non-hydrogen) atoms. The van der Waals surface area contributed by atoms with E-state index in [0.717, 1.165) is 31.6 Å². The first kappa shape index (κ1) is 19.7. The van der Waals surface area contributed by atoms with Crippen LogP contribution in [0.4, 0.5) is 5.69 Å². The summed E-state index contributed by atoms with van der Waals surface area (Å²) in [7, 11) is -3.59. The number of carbonyl (C=O) groups is 1. The molecule has 7 heteroatoms. The van der Waals surface area contributed by atoms with Crippen molar-refractivity contribution < 1.29 is 13.2 Å². The Morgan fingerprint density at radius 2 is 1.80 bits per heavy atom. The Hall–Kier alpha value is -1.60. The topological polar surface area (TPSA) is 69.7 Å². The molecule has 140 valence electrons. The number of benzene rings is 1. The van der Waals surface area contributed by atoms with Gasteiger partial charge in [0.15, 0.2) is 0 Å². The van der Waals surface area contributed by atoms with Crippen molar-refractivity contribution in [2.24, 2.45) is 0 Å². The molecule has 1 saturated heterocycles.